The molecule has 7 heteroatoms. The Morgan fingerprint density at radius 3 is 2.83 bits per heavy atom. The molecule has 1 saturated carbocycles. The molecule has 1 aliphatic heterocycles. The molecule has 1 fully saturated rings. The van der Waals surface area contributed by atoms with Gasteiger partial charge in [-0.05, 0) is 25.3 Å². The van der Waals surface area contributed by atoms with Crippen LogP contribution in [0.3, 0.4) is 0 Å². The van der Waals surface area contributed by atoms with Crippen molar-refractivity contribution >= 4 is 11.8 Å². The fourth-order valence-corrected chi connectivity index (χ4v) is 4.32. The Morgan fingerprint density at radius 1 is 1.28 bits per heavy atom. The molecule has 2 aromatic rings. The van der Waals surface area contributed by atoms with Gasteiger partial charge in [-0.1, -0.05) is 49.1 Å². The molecule has 7 nitrogen and oxygen atoms in total. The van der Waals surface area contributed by atoms with Crippen LogP contribution in [-0.4, -0.2) is 50.3 Å². The summed E-state index contributed by atoms with van der Waals surface area (Å²) < 4.78 is 1.45. The largest absolute Gasteiger partial charge is 0.389 e. The van der Waals surface area contributed by atoms with Crippen LogP contribution in [-0.2, 0) is 13.1 Å². The fraction of sp³-hybridized carbons (Fsp3) is 0.500. The first-order valence-corrected chi connectivity index (χ1v) is 10.4. The third-order valence-electron chi connectivity index (χ3n) is 5.83. The SMILES string of the molecule is Cc1cccc(CN(C(=O)c2cc3n(n2)CC(O)CNC3=O)C2CCCCC2)c1. The number of rotatable bonds is 4. The Labute approximate surface area is 170 Å². The van der Waals surface area contributed by atoms with E-state index in [-0.39, 0.29) is 36.6 Å². The van der Waals surface area contributed by atoms with E-state index in [0.717, 1.165) is 36.8 Å². The monoisotopic (exact) mass is 396 g/mol. The van der Waals surface area contributed by atoms with Crippen LogP contribution in [0, 0.1) is 6.92 Å². The van der Waals surface area contributed by atoms with Gasteiger partial charge in [-0.25, -0.2) is 0 Å². The average molecular weight is 396 g/mol. The van der Waals surface area contributed by atoms with E-state index in [0.29, 0.717) is 12.2 Å². The number of carbonyl (C=O) groups is 2. The summed E-state index contributed by atoms with van der Waals surface area (Å²) in [5.41, 5.74) is 2.85. The Balaban J connectivity index is 1.63. The molecular formula is C22H28N4O3. The Kier molecular flexibility index (Phi) is 5.67. The van der Waals surface area contributed by atoms with Crippen molar-refractivity contribution in [1.29, 1.82) is 0 Å². The first kappa shape index (κ1) is 19.6. The molecule has 1 aliphatic carbocycles. The van der Waals surface area contributed by atoms with Crippen molar-refractivity contribution in [3.8, 4) is 0 Å². The number of aliphatic hydroxyl groups is 1. The van der Waals surface area contributed by atoms with Crippen molar-refractivity contribution < 1.29 is 14.7 Å². The van der Waals surface area contributed by atoms with Crippen LogP contribution in [0.2, 0.25) is 0 Å². The first-order valence-electron chi connectivity index (χ1n) is 10.4. The Hall–Kier alpha value is -2.67. The van der Waals surface area contributed by atoms with Gasteiger partial charge in [-0.15, -0.1) is 0 Å². The van der Waals surface area contributed by atoms with E-state index in [1.54, 1.807) is 6.07 Å². The van der Waals surface area contributed by atoms with Gasteiger partial charge in [0.15, 0.2) is 5.69 Å². The van der Waals surface area contributed by atoms with E-state index < -0.39 is 6.10 Å². The van der Waals surface area contributed by atoms with E-state index in [1.165, 1.54) is 11.1 Å². The highest BCUT2D eigenvalue weighted by atomic mass is 16.3. The maximum atomic E-state index is 13.5. The summed E-state index contributed by atoms with van der Waals surface area (Å²) in [6.07, 6.45) is 4.71. The fourth-order valence-electron chi connectivity index (χ4n) is 4.32. The second-order valence-electron chi connectivity index (χ2n) is 8.17. The molecule has 2 N–H and O–H groups in total. The van der Waals surface area contributed by atoms with Crippen molar-refractivity contribution in [1.82, 2.24) is 20.0 Å². The standard InChI is InChI=1S/C22H28N4O3/c1-15-6-5-7-16(10-15)13-25(17-8-3-2-4-9-17)22(29)19-11-20-21(28)23-12-18(27)14-26(20)24-19/h5-7,10-11,17-18,27H,2-4,8-9,12-14H2,1H3,(H,23,28). The molecule has 2 amide bonds. The number of aliphatic hydroxyl groups excluding tert-OH is 1. The summed E-state index contributed by atoms with van der Waals surface area (Å²) in [4.78, 5) is 27.7. The van der Waals surface area contributed by atoms with E-state index >= 15 is 0 Å². The van der Waals surface area contributed by atoms with Crippen molar-refractivity contribution in [2.24, 2.45) is 0 Å². The number of β-amino-alcohol motifs (C(OH)–C–C–N with tert-alkyl or cyclic N) is 1. The molecule has 2 heterocycles. The number of hydrogen-bond donors (Lipinski definition) is 2. The average Bonchev–Trinajstić information content (AvgIpc) is 3.09. The molecule has 2 aliphatic rings. The highest BCUT2D eigenvalue weighted by Gasteiger charge is 2.30. The van der Waals surface area contributed by atoms with E-state index in [2.05, 4.69) is 16.5 Å². The highest BCUT2D eigenvalue weighted by Crippen LogP contribution is 2.26. The zero-order chi connectivity index (χ0) is 20.4. The zero-order valence-electron chi connectivity index (χ0n) is 16.8. The third-order valence-corrected chi connectivity index (χ3v) is 5.83. The smallest absolute Gasteiger partial charge is 0.274 e. The third kappa shape index (κ3) is 4.34. The molecule has 154 valence electrons. The zero-order valence-corrected chi connectivity index (χ0v) is 16.8. The lowest BCUT2D eigenvalue weighted by molar-refractivity contribution is 0.0606. The number of amides is 2. The molecule has 0 radical (unpaired) electrons. The van der Waals surface area contributed by atoms with Gasteiger partial charge in [-0.3, -0.25) is 14.3 Å². The number of benzene rings is 1. The molecule has 0 saturated heterocycles. The van der Waals surface area contributed by atoms with Crippen molar-refractivity contribution in [2.45, 2.75) is 64.3 Å². The summed E-state index contributed by atoms with van der Waals surface area (Å²) >= 11 is 0. The molecule has 1 atom stereocenters. The quantitative estimate of drug-likeness (QED) is 0.830. The maximum absolute atomic E-state index is 13.5. The van der Waals surface area contributed by atoms with Gasteiger partial charge in [0.1, 0.15) is 5.69 Å². The number of nitrogens with one attached hydrogen (secondary N) is 1. The molecule has 29 heavy (non-hydrogen) atoms. The maximum Gasteiger partial charge on any atom is 0.274 e. The molecule has 1 aromatic heterocycles. The number of fused-ring (bicyclic) bond motifs is 1. The van der Waals surface area contributed by atoms with Crippen LogP contribution in [0.25, 0.3) is 0 Å². The topological polar surface area (TPSA) is 87.5 Å². The van der Waals surface area contributed by atoms with Crippen molar-refractivity contribution in [3.05, 3.63) is 52.8 Å². The van der Waals surface area contributed by atoms with Gasteiger partial charge in [-0.2, -0.15) is 5.10 Å². The number of hydrogen-bond acceptors (Lipinski definition) is 4. The number of carbonyl (C=O) groups excluding carboxylic acids is 2. The van der Waals surface area contributed by atoms with Gasteiger partial charge in [0, 0.05) is 25.2 Å². The van der Waals surface area contributed by atoms with Gasteiger partial charge in [0.05, 0.1) is 12.6 Å². The van der Waals surface area contributed by atoms with Crippen LogP contribution >= 0.6 is 0 Å². The Morgan fingerprint density at radius 2 is 2.07 bits per heavy atom. The lowest BCUT2D eigenvalue weighted by Crippen LogP contribution is -2.41. The van der Waals surface area contributed by atoms with Crippen LogP contribution in [0.1, 0.15) is 64.2 Å². The number of aryl methyl sites for hydroxylation is 1. The molecule has 0 spiro atoms. The van der Waals surface area contributed by atoms with Gasteiger partial charge < -0.3 is 15.3 Å². The number of aromatic nitrogens is 2. The summed E-state index contributed by atoms with van der Waals surface area (Å²) in [6, 6.07) is 9.95. The normalized spacial score (nSPS) is 19.9. The van der Waals surface area contributed by atoms with Crippen LogP contribution in [0.4, 0.5) is 0 Å². The minimum atomic E-state index is -0.718. The second kappa shape index (κ2) is 8.37. The predicted octanol–water partition coefficient (Wildman–Crippen LogP) is 2.27. The van der Waals surface area contributed by atoms with Crippen LogP contribution in [0.5, 0.6) is 0 Å². The van der Waals surface area contributed by atoms with Crippen molar-refractivity contribution in [3.63, 3.8) is 0 Å². The first-order chi connectivity index (χ1) is 14.0. The Bertz CT molecular complexity index is 901. The summed E-state index contributed by atoms with van der Waals surface area (Å²) in [7, 11) is 0. The molecule has 1 unspecified atom stereocenters. The van der Waals surface area contributed by atoms with E-state index in [9.17, 15) is 14.7 Å². The minimum absolute atomic E-state index is 0.152. The second-order valence-corrected chi connectivity index (χ2v) is 8.17. The summed E-state index contributed by atoms with van der Waals surface area (Å²) in [5.74, 6) is -0.461. The molecular weight excluding hydrogens is 368 g/mol. The predicted molar refractivity (Wildman–Crippen MR) is 108 cm³/mol. The molecule has 4 rings (SSSR count). The van der Waals surface area contributed by atoms with Crippen molar-refractivity contribution in [2.75, 3.05) is 6.54 Å². The van der Waals surface area contributed by atoms with E-state index in [4.69, 9.17) is 0 Å². The lowest BCUT2D eigenvalue weighted by atomic mass is 9.93. The summed E-state index contributed by atoms with van der Waals surface area (Å²) in [6.45, 7) is 2.96. The van der Waals surface area contributed by atoms with Crippen LogP contribution < -0.4 is 5.32 Å². The minimum Gasteiger partial charge on any atom is -0.389 e. The van der Waals surface area contributed by atoms with E-state index in [1.807, 2.05) is 30.0 Å². The van der Waals surface area contributed by atoms with Gasteiger partial charge in [0.2, 0.25) is 0 Å². The molecule has 1 aromatic carbocycles. The van der Waals surface area contributed by atoms with Crippen LogP contribution in [0.15, 0.2) is 30.3 Å². The highest BCUT2D eigenvalue weighted by molar-refractivity contribution is 5.98. The van der Waals surface area contributed by atoms with Gasteiger partial charge >= 0.3 is 0 Å². The van der Waals surface area contributed by atoms with Gasteiger partial charge in [0.25, 0.3) is 11.8 Å². The lowest BCUT2D eigenvalue weighted by Gasteiger charge is -2.34. The molecule has 0 bridgehead atoms. The summed E-state index contributed by atoms with van der Waals surface area (Å²) in [5, 5.41) is 17.0. The number of nitrogens with zero attached hydrogens (tertiary/aromatic N) is 3.